The number of anilines is 3. The van der Waals surface area contributed by atoms with Crippen LogP contribution < -0.4 is 28.6 Å². The summed E-state index contributed by atoms with van der Waals surface area (Å²) in [4.78, 5) is 11.0. The van der Waals surface area contributed by atoms with Crippen LogP contribution in [0.4, 0.5) is 17.1 Å². The van der Waals surface area contributed by atoms with Gasteiger partial charge in [-0.15, -0.1) is 68.0 Å². The van der Waals surface area contributed by atoms with E-state index in [2.05, 4.69) is 121 Å². The van der Waals surface area contributed by atoms with Gasteiger partial charge in [0.2, 0.25) is 0 Å². The van der Waals surface area contributed by atoms with Gasteiger partial charge in [0.15, 0.2) is 23.0 Å². The third-order valence-corrected chi connectivity index (χ3v) is 19.1. The highest BCUT2D eigenvalue weighted by Crippen LogP contribution is 2.58. The normalized spacial score (nSPS) is 13.4. The molecule has 0 spiro atoms. The van der Waals surface area contributed by atoms with E-state index in [0.717, 1.165) is 102 Å². The highest BCUT2D eigenvalue weighted by Gasteiger charge is 2.30. The lowest BCUT2D eigenvalue weighted by Gasteiger charge is -2.26. The molecule has 0 bridgehead atoms. The van der Waals surface area contributed by atoms with Crippen molar-refractivity contribution in [3.05, 3.63) is 118 Å². The van der Waals surface area contributed by atoms with Gasteiger partial charge in [-0.2, -0.15) is 10.5 Å². The zero-order chi connectivity index (χ0) is 47.7. The van der Waals surface area contributed by atoms with Gasteiger partial charge in [0.05, 0.1) is 48.0 Å². The van der Waals surface area contributed by atoms with E-state index in [9.17, 15) is 10.5 Å². The number of unbranched alkanes of at least 4 members (excludes halogenated alkanes) is 3. The Kier molecular flexibility index (Phi) is 13.3. The first-order valence-electron chi connectivity index (χ1n) is 23.2. The second kappa shape index (κ2) is 20.2. The molecule has 0 saturated heterocycles. The molecular formula is C56H45N3O5S6. The molecule has 350 valence electrons. The molecule has 70 heavy (non-hydrogen) atoms. The van der Waals surface area contributed by atoms with Crippen molar-refractivity contribution in [3.63, 3.8) is 0 Å². The highest BCUT2D eigenvalue weighted by molar-refractivity contribution is 7.32. The van der Waals surface area contributed by atoms with Crippen LogP contribution >= 0.6 is 68.0 Å². The Morgan fingerprint density at radius 3 is 1.36 bits per heavy atom. The van der Waals surface area contributed by atoms with E-state index in [1.165, 1.54) is 38.1 Å². The molecule has 2 aliphatic rings. The summed E-state index contributed by atoms with van der Waals surface area (Å²) in [7, 11) is 0. The number of benzene rings is 3. The molecule has 0 aliphatic carbocycles. The van der Waals surface area contributed by atoms with Crippen LogP contribution in [0.1, 0.15) is 56.2 Å². The van der Waals surface area contributed by atoms with Crippen LogP contribution in [-0.2, 0) is 0 Å². The van der Waals surface area contributed by atoms with Gasteiger partial charge in [-0.05, 0) is 116 Å². The van der Waals surface area contributed by atoms with Crippen LogP contribution in [0.5, 0.6) is 28.7 Å². The summed E-state index contributed by atoms with van der Waals surface area (Å²) in [6.45, 7) is 8.60. The molecule has 0 N–H and O–H groups in total. The Labute approximate surface area is 430 Å². The standard InChI is InChI=1S/C56H45N3O5S6/c1-4-5-6-7-20-60-40-18-16-39(17-19-40)59(37-12-8-35(9-13-37)53-49-51(63-23-21-61-49)55(69-53)47-29-45-43(67-47)27-41(65-45)25-33(2)31-57)38-14-10-36(11-15-38)54-50-52(64-24-22-62-50)56(70-54)48-30-46-44(68-48)28-42(66-46)26-34(3)32-58/h8-19,25-30H,4-7,20-24H2,1-3H3/b33-25-,34-26-. The zero-order valence-corrected chi connectivity index (χ0v) is 43.5. The maximum absolute atomic E-state index is 9.31. The van der Waals surface area contributed by atoms with Crippen LogP contribution in [0.3, 0.4) is 0 Å². The van der Waals surface area contributed by atoms with Crippen LogP contribution in [-0.4, -0.2) is 33.0 Å². The minimum atomic E-state index is 0.495. The average Bonchev–Trinajstić information content (AvgIpc) is 4.25. The Morgan fingerprint density at radius 2 is 0.943 bits per heavy atom. The fourth-order valence-corrected chi connectivity index (χ4v) is 16.0. The van der Waals surface area contributed by atoms with Gasteiger partial charge in [-0.25, -0.2) is 0 Å². The van der Waals surface area contributed by atoms with Gasteiger partial charge in [-0.3, -0.25) is 0 Å². The van der Waals surface area contributed by atoms with Crippen molar-refractivity contribution in [2.75, 3.05) is 37.9 Å². The topological polar surface area (TPSA) is 97.0 Å². The Morgan fingerprint density at radius 1 is 0.529 bits per heavy atom. The van der Waals surface area contributed by atoms with Crippen LogP contribution in [0, 0.1) is 22.7 Å². The number of hydrogen-bond donors (Lipinski definition) is 0. The maximum atomic E-state index is 9.31. The van der Waals surface area contributed by atoms with Crippen molar-refractivity contribution in [2.24, 2.45) is 0 Å². The fourth-order valence-electron chi connectivity index (χ4n) is 8.55. The number of fused-ring (bicyclic) bond motifs is 4. The van der Waals surface area contributed by atoms with Crippen molar-refractivity contribution in [3.8, 4) is 81.3 Å². The molecule has 9 aromatic rings. The summed E-state index contributed by atoms with van der Waals surface area (Å²) in [5.41, 5.74) is 6.53. The molecule has 11 rings (SSSR count). The fraction of sp³-hybridized carbons (Fsp3) is 0.214. The summed E-state index contributed by atoms with van der Waals surface area (Å²) in [6, 6.07) is 39.1. The molecule has 6 aromatic heterocycles. The molecule has 3 aromatic carbocycles. The van der Waals surface area contributed by atoms with Gasteiger partial charge in [0.1, 0.15) is 32.2 Å². The molecule has 0 radical (unpaired) electrons. The Balaban J connectivity index is 0.914. The molecule has 0 amide bonds. The zero-order valence-electron chi connectivity index (χ0n) is 38.6. The van der Waals surface area contributed by atoms with E-state index in [1.54, 1.807) is 68.0 Å². The molecule has 14 heteroatoms. The second-order valence-corrected chi connectivity index (χ2v) is 23.4. The summed E-state index contributed by atoms with van der Waals surface area (Å²) in [5.74, 6) is 4.06. The smallest absolute Gasteiger partial charge is 0.181 e. The monoisotopic (exact) mass is 1030 g/mol. The summed E-state index contributed by atoms with van der Waals surface area (Å²) in [5, 5.41) is 18.6. The molecule has 2 aliphatic heterocycles. The van der Waals surface area contributed by atoms with E-state index in [4.69, 9.17) is 23.7 Å². The SMILES string of the molecule is CCCCCCOc1ccc(N(c2ccc(-c3sc(-c4cc5sc(/C=C(/C)C#N)cc5s4)c4c3OCCO4)cc2)c2ccc(-c3sc(-c4cc5sc(/C=C(/C)C#N)cc5s4)c4c3OCCO4)cc2)cc1. The molecule has 8 nitrogen and oxygen atoms in total. The number of allylic oxidation sites excluding steroid dienone is 2. The first kappa shape index (κ1) is 46.0. The van der Waals surface area contributed by atoms with Crippen molar-refractivity contribution in [2.45, 2.75) is 46.5 Å². The summed E-state index contributed by atoms with van der Waals surface area (Å²) < 4.78 is 36.3. The van der Waals surface area contributed by atoms with Crippen LogP contribution in [0.25, 0.3) is 71.3 Å². The van der Waals surface area contributed by atoms with E-state index in [1.807, 2.05) is 26.0 Å². The largest absolute Gasteiger partial charge is 0.494 e. The second-order valence-electron chi connectivity index (χ2n) is 16.9. The average molecular weight is 1030 g/mol. The number of hydrogen-bond acceptors (Lipinski definition) is 14. The van der Waals surface area contributed by atoms with Crippen molar-refractivity contribution >= 4 is 116 Å². The van der Waals surface area contributed by atoms with E-state index < -0.39 is 0 Å². The minimum absolute atomic E-state index is 0.495. The lowest BCUT2D eigenvalue weighted by Crippen LogP contribution is -2.14. The summed E-state index contributed by atoms with van der Waals surface area (Å²) >= 11 is 10.3. The number of ether oxygens (including phenoxy) is 5. The first-order valence-corrected chi connectivity index (χ1v) is 28.1. The molecule has 0 saturated carbocycles. The first-order chi connectivity index (χ1) is 34.3. The van der Waals surface area contributed by atoms with E-state index in [-0.39, 0.29) is 0 Å². The molecule has 0 unspecified atom stereocenters. The predicted octanol–water partition coefficient (Wildman–Crippen LogP) is 17.9. The Hall–Kier alpha value is -6.36. The van der Waals surface area contributed by atoms with Gasteiger partial charge in [0.25, 0.3) is 0 Å². The van der Waals surface area contributed by atoms with Crippen molar-refractivity contribution < 1.29 is 23.7 Å². The number of rotatable bonds is 15. The lowest BCUT2D eigenvalue weighted by molar-refractivity contribution is 0.175. The molecule has 0 fully saturated rings. The highest BCUT2D eigenvalue weighted by atomic mass is 32.1. The number of nitriles is 2. The van der Waals surface area contributed by atoms with Crippen molar-refractivity contribution in [1.29, 1.82) is 10.5 Å². The van der Waals surface area contributed by atoms with Gasteiger partial charge >= 0.3 is 0 Å². The predicted molar refractivity (Wildman–Crippen MR) is 295 cm³/mol. The third-order valence-electron chi connectivity index (χ3n) is 11.9. The van der Waals surface area contributed by atoms with Gasteiger partial charge in [-0.1, -0.05) is 50.5 Å². The molecular weight excluding hydrogens is 987 g/mol. The molecule has 8 heterocycles. The van der Waals surface area contributed by atoms with Crippen molar-refractivity contribution in [1.82, 2.24) is 0 Å². The molecule has 0 atom stereocenters. The van der Waals surface area contributed by atoms with E-state index in [0.29, 0.717) is 44.2 Å². The Bertz CT molecular complexity index is 3250. The summed E-state index contributed by atoms with van der Waals surface area (Å²) in [6.07, 6.45) is 8.52. The minimum Gasteiger partial charge on any atom is -0.494 e. The number of nitrogens with zero attached hydrogens (tertiary/aromatic N) is 3. The van der Waals surface area contributed by atoms with Gasteiger partial charge in [0, 0.05) is 56.8 Å². The van der Waals surface area contributed by atoms with Crippen LogP contribution in [0.2, 0.25) is 0 Å². The number of thiophene rings is 6. The van der Waals surface area contributed by atoms with Crippen LogP contribution in [0.15, 0.2) is 108 Å². The van der Waals surface area contributed by atoms with Gasteiger partial charge < -0.3 is 28.6 Å². The lowest BCUT2D eigenvalue weighted by atomic mass is 10.1. The van der Waals surface area contributed by atoms with E-state index >= 15 is 0 Å². The quantitative estimate of drug-likeness (QED) is 0.0740. The third kappa shape index (κ3) is 9.24. The maximum Gasteiger partial charge on any atom is 0.181 e.